The average Bonchev–Trinajstić information content (AvgIpc) is 3.52. The molecule has 0 saturated carbocycles. The van der Waals surface area contributed by atoms with Gasteiger partial charge < -0.3 is 9.88 Å². The number of carbonyl (C=O) groups is 1. The average molecular weight is 466 g/mol. The van der Waals surface area contributed by atoms with Gasteiger partial charge >= 0.3 is 0 Å². The van der Waals surface area contributed by atoms with Crippen molar-refractivity contribution < 1.29 is 13.6 Å². The van der Waals surface area contributed by atoms with Crippen LogP contribution in [0.5, 0.6) is 0 Å². The van der Waals surface area contributed by atoms with Gasteiger partial charge in [0, 0.05) is 62.1 Å². The summed E-state index contributed by atoms with van der Waals surface area (Å²) in [5.74, 6) is -1.92. The minimum atomic E-state index is -0.825. The van der Waals surface area contributed by atoms with Gasteiger partial charge in [0.25, 0.3) is 5.91 Å². The van der Waals surface area contributed by atoms with Gasteiger partial charge in [0.1, 0.15) is 23.6 Å². The number of H-pyrrole nitrogens is 1. The fourth-order valence-corrected chi connectivity index (χ4v) is 4.43. The number of aromatic amines is 1. The molecular weight excluding hydrogens is 440 g/mol. The number of nitrogens with zero attached hydrogens (tertiary/aromatic N) is 6. The first-order chi connectivity index (χ1) is 16.5. The van der Waals surface area contributed by atoms with Crippen LogP contribution in [0.25, 0.3) is 22.3 Å². The second kappa shape index (κ2) is 9.30. The molecule has 3 aromatic heterocycles. The van der Waals surface area contributed by atoms with Gasteiger partial charge in [-0.15, -0.1) is 0 Å². The fraction of sp³-hybridized carbons (Fsp3) is 0.333. The summed E-state index contributed by atoms with van der Waals surface area (Å²) in [5.41, 5.74) is 2.47. The largest absolute Gasteiger partial charge is 0.346 e. The van der Waals surface area contributed by atoms with E-state index in [-0.39, 0.29) is 11.6 Å². The van der Waals surface area contributed by atoms with Crippen LogP contribution in [-0.2, 0) is 0 Å². The maximum Gasteiger partial charge on any atom is 0.256 e. The SMILES string of the molecule is CCC(CN1CCN(C(=O)c2ccc(F)cc2F)CC1)n1cc(-c2ncnc3[nH]ccc23)cn1. The molecule has 34 heavy (non-hydrogen) atoms. The van der Waals surface area contributed by atoms with Crippen molar-refractivity contribution >= 4 is 16.9 Å². The molecule has 176 valence electrons. The lowest BCUT2D eigenvalue weighted by Gasteiger charge is -2.36. The molecule has 1 N–H and O–H groups in total. The van der Waals surface area contributed by atoms with E-state index in [0.29, 0.717) is 26.2 Å². The smallest absolute Gasteiger partial charge is 0.256 e. The van der Waals surface area contributed by atoms with E-state index >= 15 is 0 Å². The van der Waals surface area contributed by atoms with Crippen LogP contribution in [0.3, 0.4) is 0 Å². The third kappa shape index (κ3) is 4.28. The number of hydrogen-bond acceptors (Lipinski definition) is 5. The highest BCUT2D eigenvalue weighted by Crippen LogP contribution is 2.26. The third-order valence-corrected chi connectivity index (χ3v) is 6.36. The van der Waals surface area contributed by atoms with E-state index in [9.17, 15) is 13.6 Å². The monoisotopic (exact) mass is 465 g/mol. The summed E-state index contributed by atoms with van der Waals surface area (Å²) >= 11 is 0. The summed E-state index contributed by atoms with van der Waals surface area (Å²) in [6.45, 7) is 5.24. The molecule has 4 aromatic rings. The lowest BCUT2D eigenvalue weighted by atomic mass is 10.1. The van der Waals surface area contributed by atoms with E-state index in [1.165, 1.54) is 6.07 Å². The van der Waals surface area contributed by atoms with Crippen LogP contribution >= 0.6 is 0 Å². The van der Waals surface area contributed by atoms with E-state index in [4.69, 9.17) is 0 Å². The summed E-state index contributed by atoms with van der Waals surface area (Å²) in [5, 5.41) is 5.55. The first-order valence-electron chi connectivity index (χ1n) is 11.3. The standard InChI is InChI=1S/C24H25F2N7O/c1-2-18(33-13-16(12-30-33)22-20-5-6-27-23(20)29-15-28-22)14-31-7-9-32(10-8-31)24(34)19-4-3-17(25)11-21(19)26/h3-6,11-13,15,18H,2,7-10,14H2,1H3,(H,27,28,29). The van der Waals surface area contributed by atoms with Crippen molar-refractivity contribution in [2.75, 3.05) is 32.7 Å². The quantitative estimate of drug-likeness (QED) is 0.471. The summed E-state index contributed by atoms with van der Waals surface area (Å²) in [4.78, 5) is 28.4. The van der Waals surface area contributed by atoms with E-state index in [2.05, 4.69) is 31.9 Å². The Morgan fingerprint density at radius 3 is 2.74 bits per heavy atom. The Morgan fingerprint density at radius 1 is 1.15 bits per heavy atom. The van der Waals surface area contributed by atoms with Gasteiger partial charge in [0.2, 0.25) is 0 Å². The topological polar surface area (TPSA) is 82.9 Å². The molecule has 1 amide bonds. The molecule has 5 rings (SSSR count). The predicted molar refractivity (Wildman–Crippen MR) is 123 cm³/mol. The Bertz CT molecular complexity index is 1310. The van der Waals surface area contributed by atoms with Crippen molar-refractivity contribution in [2.45, 2.75) is 19.4 Å². The van der Waals surface area contributed by atoms with Crippen LogP contribution in [0.2, 0.25) is 0 Å². The van der Waals surface area contributed by atoms with Crippen LogP contribution < -0.4 is 0 Å². The van der Waals surface area contributed by atoms with E-state index in [0.717, 1.165) is 47.4 Å². The fourth-order valence-electron chi connectivity index (χ4n) is 4.43. The van der Waals surface area contributed by atoms with Gasteiger partial charge in [-0.3, -0.25) is 14.4 Å². The van der Waals surface area contributed by atoms with Gasteiger partial charge in [0.15, 0.2) is 0 Å². The number of aromatic nitrogens is 5. The molecule has 1 atom stereocenters. The maximum absolute atomic E-state index is 14.0. The summed E-state index contributed by atoms with van der Waals surface area (Å²) in [6.07, 6.45) is 8.12. The number of nitrogens with one attached hydrogen (secondary N) is 1. The van der Waals surface area contributed by atoms with Crippen LogP contribution in [0.1, 0.15) is 29.7 Å². The Labute approximate surface area is 195 Å². The van der Waals surface area contributed by atoms with Crippen molar-refractivity contribution in [3.63, 3.8) is 0 Å². The summed E-state index contributed by atoms with van der Waals surface area (Å²) < 4.78 is 29.2. The van der Waals surface area contributed by atoms with Crippen molar-refractivity contribution in [2.24, 2.45) is 0 Å². The molecule has 1 unspecified atom stereocenters. The minimum Gasteiger partial charge on any atom is -0.346 e. The van der Waals surface area contributed by atoms with Crippen molar-refractivity contribution in [3.05, 3.63) is 66.4 Å². The van der Waals surface area contributed by atoms with E-state index in [1.54, 1.807) is 11.2 Å². The Morgan fingerprint density at radius 2 is 1.97 bits per heavy atom. The molecule has 1 saturated heterocycles. The molecule has 10 heteroatoms. The molecule has 1 aromatic carbocycles. The number of carbonyl (C=O) groups excluding carboxylic acids is 1. The molecular formula is C24H25F2N7O. The molecule has 1 aliphatic heterocycles. The molecule has 0 spiro atoms. The van der Waals surface area contributed by atoms with E-state index < -0.39 is 17.5 Å². The molecule has 0 aliphatic carbocycles. The van der Waals surface area contributed by atoms with Gasteiger partial charge in [-0.05, 0) is 24.6 Å². The van der Waals surface area contributed by atoms with Crippen molar-refractivity contribution in [3.8, 4) is 11.3 Å². The van der Waals surface area contributed by atoms with Crippen LogP contribution in [-0.4, -0.2) is 73.2 Å². The highest BCUT2D eigenvalue weighted by molar-refractivity contribution is 5.94. The number of fused-ring (bicyclic) bond motifs is 1. The predicted octanol–water partition coefficient (Wildman–Crippen LogP) is 3.51. The number of hydrogen-bond donors (Lipinski definition) is 1. The minimum absolute atomic E-state index is 0.0911. The Hall–Kier alpha value is -3.66. The number of amides is 1. The molecule has 4 heterocycles. The molecule has 8 nitrogen and oxygen atoms in total. The van der Waals surface area contributed by atoms with Gasteiger partial charge in [-0.25, -0.2) is 18.7 Å². The van der Waals surface area contributed by atoms with Gasteiger partial charge in [0.05, 0.1) is 23.5 Å². The molecule has 1 fully saturated rings. The van der Waals surface area contributed by atoms with Gasteiger partial charge in [-0.1, -0.05) is 6.92 Å². The number of rotatable bonds is 6. The molecule has 0 radical (unpaired) electrons. The number of halogens is 2. The first-order valence-corrected chi connectivity index (χ1v) is 11.3. The van der Waals surface area contributed by atoms with Crippen LogP contribution in [0, 0.1) is 11.6 Å². The number of benzene rings is 1. The zero-order valence-corrected chi connectivity index (χ0v) is 18.8. The lowest BCUT2D eigenvalue weighted by Crippen LogP contribution is -2.50. The zero-order valence-electron chi connectivity index (χ0n) is 18.8. The maximum atomic E-state index is 14.0. The highest BCUT2D eigenvalue weighted by atomic mass is 19.1. The van der Waals surface area contributed by atoms with E-state index in [1.807, 2.05) is 29.3 Å². The zero-order chi connectivity index (χ0) is 23.7. The normalized spacial score (nSPS) is 15.7. The van der Waals surface area contributed by atoms with Gasteiger partial charge in [-0.2, -0.15) is 5.10 Å². The highest BCUT2D eigenvalue weighted by Gasteiger charge is 2.26. The first kappa shape index (κ1) is 22.1. The van der Waals surface area contributed by atoms with Crippen LogP contribution in [0.4, 0.5) is 8.78 Å². The number of piperazine rings is 1. The Balaban J connectivity index is 1.23. The van der Waals surface area contributed by atoms with Crippen molar-refractivity contribution in [1.29, 1.82) is 0 Å². The third-order valence-electron chi connectivity index (χ3n) is 6.36. The molecule has 0 bridgehead atoms. The second-order valence-corrected chi connectivity index (χ2v) is 8.45. The second-order valence-electron chi connectivity index (χ2n) is 8.45. The Kier molecular flexibility index (Phi) is 6.06. The van der Waals surface area contributed by atoms with Crippen molar-refractivity contribution in [1.82, 2.24) is 34.5 Å². The van der Waals surface area contributed by atoms with Crippen LogP contribution in [0.15, 0.2) is 49.2 Å². The molecule has 1 aliphatic rings. The lowest BCUT2D eigenvalue weighted by molar-refractivity contribution is 0.0611. The summed E-state index contributed by atoms with van der Waals surface area (Å²) in [6, 6.07) is 5.18. The summed E-state index contributed by atoms with van der Waals surface area (Å²) in [7, 11) is 0.